The molecule has 0 aliphatic heterocycles. The van der Waals surface area contributed by atoms with Gasteiger partial charge in [-0.1, -0.05) is 33.8 Å². The molecule has 4 rings (SSSR count). The molecule has 10 heteroatoms. The van der Waals surface area contributed by atoms with Gasteiger partial charge in [-0.25, -0.2) is 13.2 Å². The van der Waals surface area contributed by atoms with Gasteiger partial charge < -0.3 is 14.6 Å². The summed E-state index contributed by atoms with van der Waals surface area (Å²) in [5.41, 5.74) is -8.33. The Morgan fingerprint density at radius 2 is 1.79 bits per heavy atom. The maximum atomic E-state index is 17.4. The Hall–Kier alpha value is -2.49. The molecule has 0 spiro atoms. The first-order chi connectivity index (χ1) is 18.1. The summed E-state index contributed by atoms with van der Waals surface area (Å²) in [5, 5.41) is 11.5. The normalized spacial score (nSPS) is 42.9. The Balaban J connectivity index is 1.82. The number of carbonyl (C=O) groups is 4. The summed E-state index contributed by atoms with van der Waals surface area (Å²) < 4.78 is 59.1. The highest BCUT2D eigenvalue weighted by Gasteiger charge is 2.78. The van der Waals surface area contributed by atoms with Crippen LogP contribution >= 0.6 is 0 Å². The van der Waals surface area contributed by atoms with Crippen LogP contribution in [0, 0.1) is 28.6 Å². The summed E-state index contributed by atoms with van der Waals surface area (Å²) in [6, 6.07) is 0. The van der Waals surface area contributed by atoms with Gasteiger partial charge in [0.25, 0.3) is 0 Å². The maximum absolute atomic E-state index is 17.4. The van der Waals surface area contributed by atoms with Crippen LogP contribution in [0.2, 0.25) is 0 Å². The average molecular weight is 555 g/mol. The molecule has 0 bridgehead atoms. The number of allylic oxidation sites excluding steroid dienone is 4. The van der Waals surface area contributed by atoms with Gasteiger partial charge in [0.15, 0.2) is 23.7 Å². The largest absolute Gasteiger partial charge is 0.457 e. The zero-order valence-electron chi connectivity index (χ0n) is 23.0. The molecule has 39 heavy (non-hydrogen) atoms. The summed E-state index contributed by atoms with van der Waals surface area (Å²) in [4.78, 5) is 50.6. The Kier molecular flexibility index (Phi) is 7.45. The molecule has 1 N–H and O–H groups in total. The number of aliphatic hydroxyl groups is 1. The molecule has 0 radical (unpaired) electrons. The zero-order chi connectivity index (χ0) is 29.1. The van der Waals surface area contributed by atoms with Gasteiger partial charge in [0.2, 0.25) is 11.6 Å². The Labute approximate surface area is 226 Å². The Bertz CT molecular complexity index is 1150. The molecule has 216 valence electrons. The molecule has 4 aliphatic rings. The first kappa shape index (κ1) is 29.5. The van der Waals surface area contributed by atoms with Crippen molar-refractivity contribution in [3.8, 4) is 0 Å². The molecule has 0 aromatic carbocycles. The fourth-order valence-corrected chi connectivity index (χ4v) is 8.27. The first-order valence-electron chi connectivity index (χ1n) is 13.7. The molecule has 9 atom stereocenters. The number of halogens is 3. The van der Waals surface area contributed by atoms with Gasteiger partial charge in [-0.05, 0) is 44.6 Å². The van der Waals surface area contributed by atoms with E-state index in [9.17, 15) is 28.7 Å². The van der Waals surface area contributed by atoms with Gasteiger partial charge >= 0.3 is 11.9 Å². The van der Waals surface area contributed by atoms with E-state index < -0.39 is 100 Å². The molecule has 0 amide bonds. The molecule has 0 unspecified atom stereocenters. The van der Waals surface area contributed by atoms with E-state index in [4.69, 9.17) is 9.47 Å². The molecular formula is C29H37F3O7. The average Bonchev–Trinajstić information content (AvgIpc) is 3.09. The number of aliphatic hydroxyl groups excluding tert-OH is 1. The van der Waals surface area contributed by atoms with Crippen molar-refractivity contribution in [1.29, 1.82) is 0 Å². The highest BCUT2D eigenvalue weighted by Crippen LogP contribution is 2.72. The van der Waals surface area contributed by atoms with Crippen molar-refractivity contribution in [2.45, 2.75) is 96.7 Å². The molecule has 3 fully saturated rings. The Morgan fingerprint density at radius 1 is 1.13 bits per heavy atom. The van der Waals surface area contributed by atoms with Crippen LogP contribution in [0.15, 0.2) is 23.6 Å². The van der Waals surface area contributed by atoms with E-state index in [2.05, 4.69) is 0 Å². The Morgan fingerprint density at radius 3 is 2.41 bits per heavy atom. The van der Waals surface area contributed by atoms with E-state index in [-0.39, 0.29) is 25.7 Å². The summed E-state index contributed by atoms with van der Waals surface area (Å²) in [7, 11) is 0. The summed E-state index contributed by atoms with van der Waals surface area (Å²) in [5.74, 6) is -7.00. The van der Waals surface area contributed by atoms with Gasteiger partial charge in [-0.2, -0.15) is 0 Å². The minimum absolute atomic E-state index is 0.0615. The summed E-state index contributed by atoms with van der Waals surface area (Å²) >= 11 is 0. The van der Waals surface area contributed by atoms with Crippen LogP contribution in [-0.4, -0.2) is 58.8 Å². The highest BCUT2D eigenvalue weighted by molar-refractivity contribution is 6.04. The summed E-state index contributed by atoms with van der Waals surface area (Å²) in [6.45, 7) is 7.25. The minimum atomic E-state index is -2.56. The second-order valence-electron chi connectivity index (χ2n) is 12.0. The van der Waals surface area contributed by atoms with Crippen LogP contribution in [0.25, 0.3) is 0 Å². The third-order valence-electron chi connectivity index (χ3n) is 10.0. The van der Waals surface area contributed by atoms with Crippen molar-refractivity contribution in [2.24, 2.45) is 28.6 Å². The predicted molar refractivity (Wildman–Crippen MR) is 133 cm³/mol. The summed E-state index contributed by atoms with van der Waals surface area (Å²) in [6.07, 6.45) is -1.99. The standard InChI is InChI=1S/C29H37F3O7/c1-6-8-23(37)38-14-21(35)29(39-22(36)7-2)15(3)11-16-17-12-18(30)24-25(31)19(33)9-10-26(24,4)28(17,32)20(34)13-27(16,29)5/h9-10,15-18,20,34H,6-8,11-14H2,1-5H3/t15-,16-,17-,18-,20-,26-,27-,28-,29-/m0/s1. The van der Waals surface area contributed by atoms with Gasteiger partial charge in [-0.3, -0.25) is 19.2 Å². The van der Waals surface area contributed by atoms with Crippen molar-refractivity contribution in [3.05, 3.63) is 23.6 Å². The molecule has 0 aromatic heterocycles. The highest BCUT2D eigenvalue weighted by atomic mass is 19.2. The molecule has 4 aliphatic carbocycles. The van der Waals surface area contributed by atoms with Crippen LogP contribution in [0.3, 0.4) is 0 Å². The molecular weight excluding hydrogens is 517 g/mol. The second kappa shape index (κ2) is 9.85. The van der Waals surface area contributed by atoms with Crippen molar-refractivity contribution >= 4 is 23.5 Å². The number of esters is 2. The monoisotopic (exact) mass is 554 g/mol. The van der Waals surface area contributed by atoms with E-state index in [1.807, 2.05) is 0 Å². The van der Waals surface area contributed by atoms with E-state index >= 15 is 8.78 Å². The lowest BCUT2D eigenvalue weighted by Crippen LogP contribution is -2.71. The van der Waals surface area contributed by atoms with Crippen LogP contribution in [0.1, 0.15) is 73.1 Å². The van der Waals surface area contributed by atoms with Gasteiger partial charge in [0.05, 0.1) is 6.10 Å². The van der Waals surface area contributed by atoms with E-state index in [1.165, 1.54) is 6.92 Å². The molecule has 0 aromatic rings. The number of alkyl halides is 2. The number of fused-ring (bicyclic) bond motifs is 5. The minimum Gasteiger partial charge on any atom is -0.457 e. The predicted octanol–water partition coefficient (Wildman–Crippen LogP) is 4.45. The van der Waals surface area contributed by atoms with E-state index in [0.717, 1.165) is 12.2 Å². The number of hydrogen-bond acceptors (Lipinski definition) is 7. The fourth-order valence-electron chi connectivity index (χ4n) is 8.27. The number of ether oxygens (including phenoxy) is 2. The molecule has 7 nitrogen and oxygen atoms in total. The van der Waals surface area contributed by atoms with Crippen LogP contribution in [0.5, 0.6) is 0 Å². The van der Waals surface area contributed by atoms with Crippen molar-refractivity contribution < 1.29 is 46.9 Å². The molecule has 0 heterocycles. The number of ketones is 2. The fraction of sp³-hybridized carbons (Fsp3) is 0.724. The van der Waals surface area contributed by atoms with Gasteiger partial charge in [0, 0.05) is 41.1 Å². The van der Waals surface area contributed by atoms with Crippen molar-refractivity contribution in [2.75, 3.05) is 6.61 Å². The number of hydrogen-bond donors (Lipinski definition) is 1. The number of Topliss-reactive ketones (excluding diaryl/α,β-unsaturated/α-hetero) is 1. The maximum Gasteiger partial charge on any atom is 0.306 e. The quantitative estimate of drug-likeness (QED) is 0.464. The molecule has 3 saturated carbocycles. The third-order valence-corrected chi connectivity index (χ3v) is 10.0. The topological polar surface area (TPSA) is 107 Å². The number of carbonyl (C=O) groups excluding carboxylic acids is 4. The SMILES string of the molecule is CCCC(=O)OCC(=O)[C@@]1(OC(=O)CC)[C@@H](C)C[C@H]2[C@@H]3C[C@H](F)C4=C(F)C(=O)C=C[C@]4(C)[C@@]3(F)[C@@H](O)C[C@@]21C. The van der Waals surface area contributed by atoms with Gasteiger partial charge in [-0.15, -0.1) is 0 Å². The van der Waals surface area contributed by atoms with Gasteiger partial charge in [0.1, 0.15) is 6.17 Å². The van der Waals surface area contributed by atoms with E-state index in [1.54, 1.807) is 27.7 Å². The second-order valence-corrected chi connectivity index (χ2v) is 12.0. The van der Waals surface area contributed by atoms with Crippen LogP contribution in [0.4, 0.5) is 13.2 Å². The smallest absolute Gasteiger partial charge is 0.306 e. The lowest BCUT2D eigenvalue weighted by molar-refractivity contribution is -0.232. The number of rotatable bonds is 7. The van der Waals surface area contributed by atoms with E-state index in [0.29, 0.717) is 6.42 Å². The van der Waals surface area contributed by atoms with Crippen LogP contribution < -0.4 is 0 Å². The van der Waals surface area contributed by atoms with Crippen molar-refractivity contribution in [3.63, 3.8) is 0 Å². The zero-order valence-corrected chi connectivity index (χ0v) is 23.0. The lowest BCUT2D eigenvalue weighted by atomic mass is 9.44. The van der Waals surface area contributed by atoms with Crippen molar-refractivity contribution in [1.82, 2.24) is 0 Å². The third kappa shape index (κ3) is 3.87. The lowest BCUT2D eigenvalue weighted by Gasteiger charge is -2.63. The van der Waals surface area contributed by atoms with Crippen LogP contribution in [-0.2, 0) is 28.7 Å². The molecule has 0 saturated heterocycles. The first-order valence-corrected chi connectivity index (χ1v) is 13.7.